The second-order valence-electron chi connectivity index (χ2n) is 10.5. The Hall–Kier alpha value is -1.04. The molecule has 2 aromatic heterocycles. The molecule has 1 aliphatic heterocycles. The molecular weight excluding hydrogens is 366 g/mol. The van der Waals surface area contributed by atoms with Gasteiger partial charge < -0.3 is 5.11 Å². The van der Waals surface area contributed by atoms with E-state index in [2.05, 4.69) is 38.7 Å². The summed E-state index contributed by atoms with van der Waals surface area (Å²) in [5.74, 6) is 1.56. The van der Waals surface area contributed by atoms with Crippen molar-refractivity contribution in [2.24, 2.45) is 10.8 Å². The average molecular weight is 402 g/mol. The van der Waals surface area contributed by atoms with Gasteiger partial charge in [-0.05, 0) is 56.4 Å². The number of aliphatic hydroxyl groups excluding tert-OH is 1. The highest BCUT2D eigenvalue weighted by atomic mass is 32.1. The van der Waals surface area contributed by atoms with E-state index in [0.717, 1.165) is 42.4 Å². The molecule has 1 unspecified atom stereocenters. The van der Waals surface area contributed by atoms with Crippen molar-refractivity contribution in [3.63, 3.8) is 0 Å². The normalized spacial score (nSPS) is 26.0. The fraction of sp³-hybridized carbons (Fsp3) is 0.739. The summed E-state index contributed by atoms with van der Waals surface area (Å²) >= 11 is 1.88. The molecule has 0 radical (unpaired) electrons. The number of hydrogen-bond acceptors (Lipinski definition) is 5. The van der Waals surface area contributed by atoms with E-state index in [1.54, 1.807) is 0 Å². The van der Waals surface area contributed by atoms with Crippen LogP contribution < -0.4 is 0 Å². The first-order chi connectivity index (χ1) is 13.1. The number of rotatable bonds is 3. The van der Waals surface area contributed by atoms with Crippen LogP contribution in [-0.2, 0) is 6.54 Å². The third-order valence-corrected chi connectivity index (χ3v) is 8.16. The van der Waals surface area contributed by atoms with Crippen molar-refractivity contribution in [1.29, 1.82) is 0 Å². The maximum atomic E-state index is 10.3. The predicted octanol–water partition coefficient (Wildman–Crippen LogP) is 5.28. The number of nitrogens with zero attached hydrogens (tertiary/aromatic N) is 3. The summed E-state index contributed by atoms with van der Waals surface area (Å²) in [7, 11) is 0. The number of likely N-dealkylation sites (tertiary alicyclic amines) is 1. The summed E-state index contributed by atoms with van der Waals surface area (Å²) in [6.45, 7) is 13.8. The van der Waals surface area contributed by atoms with Crippen molar-refractivity contribution in [2.45, 2.75) is 85.3 Å². The summed E-state index contributed by atoms with van der Waals surface area (Å²) in [6, 6.07) is 2.39. The third-order valence-electron chi connectivity index (χ3n) is 6.97. The predicted molar refractivity (Wildman–Crippen MR) is 117 cm³/mol. The molecule has 4 rings (SSSR count). The van der Waals surface area contributed by atoms with Gasteiger partial charge in [0.05, 0.1) is 11.8 Å². The first-order valence-electron chi connectivity index (χ1n) is 10.8. The van der Waals surface area contributed by atoms with E-state index in [0.29, 0.717) is 11.3 Å². The van der Waals surface area contributed by atoms with Gasteiger partial charge in [-0.1, -0.05) is 27.7 Å². The Morgan fingerprint density at radius 2 is 1.86 bits per heavy atom. The molecule has 2 aliphatic rings. The summed E-state index contributed by atoms with van der Waals surface area (Å²) in [6.07, 6.45) is 5.84. The first-order valence-corrected chi connectivity index (χ1v) is 11.6. The van der Waals surface area contributed by atoms with Gasteiger partial charge in [-0.2, -0.15) is 0 Å². The highest BCUT2D eigenvalue weighted by Crippen LogP contribution is 2.45. The van der Waals surface area contributed by atoms with Gasteiger partial charge >= 0.3 is 0 Å². The van der Waals surface area contributed by atoms with Crippen LogP contribution in [0.2, 0.25) is 0 Å². The standard InChI is InChI=1S/C23H35N3OS/c1-15-24-18(13-26-11-8-20(27)23(4,5)14-26)17-12-19(28-21(17)25-15)16-6-9-22(2,3)10-7-16/h12,16,20,27H,6-11,13-14H2,1-5H3. The number of hydrogen-bond donors (Lipinski definition) is 1. The van der Waals surface area contributed by atoms with E-state index < -0.39 is 0 Å². The Labute approximate surface area is 173 Å². The molecule has 0 bridgehead atoms. The second kappa shape index (κ2) is 7.33. The van der Waals surface area contributed by atoms with Crippen LogP contribution in [0.25, 0.3) is 10.2 Å². The van der Waals surface area contributed by atoms with E-state index in [1.165, 1.54) is 35.9 Å². The summed E-state index contributed by atoms with van der Waals surface area (Å²) in [5.41, 5.74) is 1.60. The molecule has 1 atom stereocenters. The van der Waals surface area contributed by atoms with Gasteiger partial charge in [0.25, 0.3) is 0 Å². The van der Waals surface area contributed by atoms with Gasteiger partial charge in [0.1, 0.15) is 10.7 Å². The molecule has 1 aliphatic carbocycles. The van der Waals surface area contributed by atoms with Crippen LogP contribution in [-0.4, -0.2) is 39.2 Å². The molecule has 2 fully saturated rings. The molecule has 0 amide bonds. The Kier molecular flexibility index (Phi) is 5.30. The number of aryl methyl sites for hydroxylation is 1. The highest BCUT2D eigenvalue weighted by Gasteiger charge is 2.35. The van der Waals surface area contributed by atoms with Gasteiger partial charge in [-0.3, -0.25) is 4.90 Å². The Balaban J connectivity index is 1.58. The Morgan fingerprint density at radius 3 is 2.54 bits per heavy atom. The SMILES string of the molecule is Cc1nc(CN2CCC(O)C(C)(C)C2)c2cc(C3CCC(C)(C)CC3)sc2n1. The van der Waals surface area contributed by atoms with Crippen molar-refractivity contribution in [3.05, 3.63) is 22.5 Å². The van der Waals surface area contributed by atoms with Gasteiger partial charge in [0.15, 0.2) is 0 Å². The molecule has 3 heterocycles. The van der Waals surface area contributed by atoms with Crippen LogP contribution in [0.3, 0.4) is 0 Å². The van der Waals surface area contributed by atoms with E-state index >= 15 is 0 Å². The molecule has 154 valence electrons. The van der Waals surface area contributed by atoms with E-state index in [-0.39, 0.29) is 11.5 Å². The number of fused-ring (bicyclic) bond motifs is 1. The van der Waals surface area contributed by atoms with Crippen molar-refractivity contribution >= 4 is 21.6 Å². The summed E-state index contributed by atoms with van der Waals surface area (Å²) in [5, 5.41) is 11.5. The second-order valence-corrected chi connectivity index (χ2v) is 11.6. The van der Waals surface area contributed by atoms with E-state index in [1.807, 2.05) is 18.3 Å². The van der Waals surface area contributed by atoms with Crippen LogP contribution in [0, 0.1) is 17.8 Å². The van der Waals surface area contributed by atoms with Crippen LogP contribution in [0.1, 0.15) is 82.1 Å². The number of thiophene rings is 1. The fourth-order valence-corrected chi connectivity index (χ4v) is 6.19. The quantitative estimate of drug-likeness (QED) is 0.760. The molecule has 1 saturated heterocycles. The lowest BCUT2D eigenvalue weighted by Gasteiger charge is -2.41. The van der Waals surface area contributed by atoms with Gasteiger partial charge in [0.2, 0.25) is 0 Å². The molecule has 0 spiro atoms. The fourth-order valence-electron chi connectivity index (χ4n) is 4.93. The zero-order valence-electron chi connectivity index (χ0n) is 18.1. The van der Waals surface area contributed by atoms with Crippen molar-refractivity contribution in [3.8, 4) is 0 Å². The molecule has 5 heteroatoms. The van der Waals surface area contributed by atoms with Crippen LogP contribution in [0.4, 0.5) is 0 Å². The van der Waals surface area contributed by atoms with Gasteiger partial charge in [-0.15, -0.1) is 11.3 Å². The van der Waals surface area contributed by atoms with Crippen LogP contribution in [0.15, 0.2) is 6.07 Å². The smallest absolute Gasteiger partial charge is 0.127 e. The van der Waals surface area contributed by atoms with Crippen molar-refractivity contribution < 1.29 is 5.11 Å². The molecule has 1 N–H and O–H groups in total. The lowest BCUT2D eigenvalue weighted by Crippen LogP contribution is -2.48. The van der Waals surface area contributed by atoms with Crippen LogP contribution in [0.5, 0.6) is 0 Å². The summed E-state index contributed by atoms with van der Waals surface area (Å²) in [4.78, 5) is 14.7. The lowest BCUT2D eigenvalue weighted by molar-refractivity contribution is -0.0272. The molecule has 4 nitrogen and oxygen atoms in total. The molecule has 28 heavy (non-hydrogen) atoms. The Bertz CT molecular complexity index is 847. The van der Waals surface area contributed by atoms with Crippen molar-refractivity contribution in [2.75, 3.05) is 13.1 Å². The number of piperidine rings is 1. The Morgan fingerprint density at radius 1 is 1.14 bits per heavy atom. The zero-order valence-corrected chi connectivity index (χ0v) is 18.9. The highest BCUT2D eigenvalue weighted by molar-refractivity contribution is 7.18. The monoisotopic (exact) mass is 401 g/mol. The minimum absolute atomic E-state index is 0.0614. The molecule has 0 aromatic carbocycles. The van der Waals surface area contributed by atoms with E-state index in [9.17, 15) is 5.11 Å². The zero-order chi connectivity index (χ0) is 20.1. The first kappa shape index (κ1) is 20.2. The average Bonchev–Trinajstić information content (AvgIpc) is 3.02. The molecule has 2 aromatic rings. The minimum atomic E-state index is -0.209. The lowest BCUT2D eigenvalue weighted by atomic mass is 9.73. The van der Waals surface area contributed by atoms with Crippen molar-refractivity contribution in [1.82, 2.24) is 14.9 Å². The maximum absolute atomic E-state index is 10.3. The van der Waals surface area contributed by atoms with Crippen LogP contribution >= 0.6 is 11.3 Å². The number of aromatic nitrogens is 2. The molecule has 1 saturated carbocycles. The van der Waals surface area contributed by atoms with E-state index in [4.69, 9.17) is 9.97 Å². The number of aliphatic hydroxyl groups is 1. The largest absolute Gasteiger partial charge is 0.392 e. The summed E-state index contributed by atoms with van der Waals surface area (Å²) < 4.78 is 0. The van der Waals surface area contributed by atoms with Gasteiger partial charge in [0, 0.05) is 35.3 Å². The molecular formula is C23H35N3OS. The maximum Gasteiger partial charge on any atom is 0.127 e. The topological polar surface area (TPSA) is 49.2 Å². The van der Waals surface area contributed by atoms with Gasteiger partial charge in [-0.25, -0.2) is 9.97 Å². The minimum Gasteiger partial charge on any atom is -0.392 e. The third kappa shape index (κ3) is 4.12.